The molecule has 0 amide bonds. The number of methoxy groups -OCH3 is 2. The largest absolute Gasteiger partial charge is 0.493 e. The molecule has 3 aromatic rings. The van der Waals surface area contributed by atoms with Crippen LogP contribution < -0.4 is 14.2 Å². The van der Waals surface area contributed by atoms with Crippen molar-refractivity contribution in [1.82, 2.24) is 9.88 Å². The molecule has 1 aromatic heterocycles. The van der Waals surface area contributed by atoms with Crippen molar-refractivity contribution in [3.05, 3.63) is 41.5 Å². The number of likely N-dealkylation sites (N-methyl/N-ethyl adjacent to an activating group) is 1. The van der Waals surface area contributed by atoms with Gasteiger partial charge >= 0.3 is 0 Å². The van der Waals surface area contributed by atoms with Crippen molar-refractivity contribution in [2.75, 3.05) is 41.5 Å². The third-order valence-corrected chi connectivity index (χ3v) is 5.69. The van der Waals surface area contributed by atoms with Gasteiger partial charge in [-0.05, 0) is 50.8 Å². The molecule has 1 atom stereocenters. The summed E-state index contributed by atoms with van der Waals surface area (Å²) < 4.78 is 17.1. The number of rotatable bonds is 9. The Balaban J connectivity index is 1.85. The first-order chi connectivity index (χ1) is 16.0. The van der Waals surface area contributed by atoms with Crippen LogP contribution in [0.1, 0.15) is 24.5 Å². The topological polar surface area (TPSA) is 68.3 Å². The Morgan fingerprint density at radius 1 is 1.09 bits per heavy atom. The van der Waals surface area contributed by atoms with E-state index >= 15 is 0 Å². The molecule has 0 fully saturated rings. The van der Waals surface area contributed by atoms with E-state index in [1.165, 1.54) is 0 Å². The van der Waals surface area contributed by atoms with Crippen molar-refractivity contribution < 1.29 is 19.0 Å². The molecule has 172 valence electrons. The zero-order chi connectivity index (χ0) is 23.5. The van der Waals surface area contributed by atoms with E-state index < -0.39 is 6.10 Å². The smallest absolute Gasteiger partial charge is 0.186 e. The molecule has 1 N–H and O–H groups in total. The van der Waals surface area contributed by atoms with Gasteiger partial charge in [-0.25, -0.2) is 0 Å². The van der Waals surface area contributed by atoms with Gasteiger partial charge in [-0.1, -0.05) is 18.0 Å². The molecule has 0 saturated carbocycles. The first-order valence-electron chi connectivity index (χ1n) is 10.9. The summed E-state index contributed by atoms with van der Waals surface area (Å²) in [6, 6.07) is 9.91. The predicted molar refractivity (Wildman–Crippen MR) is 131 cm³/mol. The lowest BCUT2D eigenvalue weighted by atomic mass is 10.1. The van der Waals surface area contributed by atoms with E-state index in [0.717, 1.165) is 45.6 Å². The number of aromatic amines is 1. The van der Waals surface area contributed by atoms with Crippen LogP contribution >= 0.6 is 0 Å². The molecule has 0 saturated heterocycles. The summed E-state index contributed by atoms with van der Waals surface area (Å²) in [4.78, 5) is 11.4. The minimum absolute atomic E-state index is 0.403. The lowest BCUT2D eigenvalue weighted by Crippen LogP contribution is -2.19. The third kappa shape index (κ3) is 4.22. The van der Waals surface area contributed by atoms with Crippen LogP contribution in [0.25, 0.3) is 22.2 Å². The fourth-order valence-electron chi connectivity index (χ4n) is 3.91. The molecule has 7 heteroatoms. The fraction of sp³-hybridized carbons (Fsp3) is 0.346. The quantitative estimate of drug-likeness (QED) is 0.306. The molecule has 1 unspecified atom stereocenters. The van der Waals surface area contributed by atoms with Crippen LogP contribution in [0.4, 0.5) is 0 Å². The van der Waals surface area contributed by atoms with E-state index in [1.807, 2.05) is 51.4 Å². The summed E-state index contributed by atoms with van der Waals surface area (Å²) in [5.41, 5.74) is 5.43. The second kappa shape index (κ2) is 9.47. The molecule has 1 aliphatic carbocycles. The monoisotopic (exact) mass is 447 g/mol. The lowest BCUT2D eigenvalue weighted by molar-refractivity contribution is 0.0971. The van der Waals surface area contributed by atoms with Crippen molar-refractivity contribution in [3.8, 4) is 40.8 Å². The fourth-order valence-corrected chi connectivity index (χ4v) is 3.91. The average Bonchev–Trinajstić information content (AvgIpc) is 3.33. The number of ether oxygens (including phenoxy) is 3. The molecular weight excluding hydrogens is 418 g/mol. The van der Waals surface area contributed by atoms with Gasteiger partial charge in [0.1, 0.15) is 18.1 Å². The Morgan fingerprint density at radius 2 is 1.82 bits per heavy atom. The van der Waals surface area contributed by atoms with Crippen molar-refractivity contribution in [2.45, 2.75) is 19.4 Å². The van der Waals surface area contributed by atoms with E-state index in [2.05, 4.69) is 21.0 Å². The summed E-state index contributed by atoms with van der Waals surface area (Å²) in [7, 11) is 7.28. The van der Waals surface area contributed by atoms with E-state index in [9.17, 15) is 0 Å². The number of fused-ring (bicyclic) bond motifs is 5. The number of nitrogens with zero attached hydrogens (tertiary/aromatic N) is 2. The third-order valence-electron chi connectivity index (χ3n) is 5.69. The molecule has 7 nitrogen and oxygen atoms in total. The van der Waals surface area contributed by atoms with Crippen molar-refractivity contribution in [2.24, 2.45) is 5.16 Å². The lowest BCUT2D eigenvalue weighted by Gasteiger charge is -2.12. The number of hydrogen-bond donors (Lipinski definition) is 1. The average molecular weight is 448 g/mol. The summed E-state index contributed by atoms with van der Waals surface area (Å²) in [5.74, 6) is 4.69. The van der Waals surface area contributed by atoms with Gasteiger partial charge in [-0.3, -0.25) is 0 Å². The Hall–Kier alpha value is -3.63. The van der Waals surface area contributed by atoms with Crippen LogP contribution in [0, 0.1) is 12.3 Å². The maximum absolute atomic E-state index is 5.98. The Morgan fingerprint density at radius 3 is 2.45 bits per heavy atom. The zero-order valence-corrected chi connectivity index (χ0v) is 19.7. The Kier molecular flexibility index (Phi) is 6.47. The highest BCUT2D eigenvalue weighted by Gasteiger charge is 2.32. The summed E-state index contributed by atoms with van der Waals surface area (Å²) in [6.07, 6.45) is 5.85. The maximum atomic E-state index is 5.98. The van der Waals surface area contributed by atoms with Crippen LogP contribution in [0.3, 0.4) is 0 Å². The van der Waals surface area contributed by atoms with Gasteiger partial charge < -0.3 is 28.9 Å². The number of hydrogen-bond acceptors (Lipinski definition) is 6. The highest BCUT2D eigenvalue weighted by Crippen LogP contribution is 2.46. The van der Waals surface area contributed by atoms with E-state index in [0.29, 0.717) is 30.2 Å². The number of terminal acetylenes is 1. The van der Waals surface area contributed by atoms with E-state index in [1.54, 1.807) is 14.2 Å². The minimum Gasteiger partial charge on any atom is -0.493 e. The van der Waals surface area contributed by atoms with Crippen LogP contribution in [0.15, 0.2) is 35.5 Å². The number of H-pyrrole nitrogens is 1. The molecule has 0 bridgehead atoms. The SMILES string of the molecule is C#CC(CC)ON=C1c2cc(OC)c(OC)cc2-c2[nH]c3ccc(OCCN(C)C)cc3c21. The molecule has 0 radical (unpaired) electrons. The highest BCUT2D eigenvalue weighted by atomic mass is 16.6. The van der Waals surface area contributed by atoms with Gasteiger partial charge in [-0.2, -0.15) is 0 Å². The molecule has 1 heterocycles. The van der Waals surface area contributed by atoms with Crippen molar-refractivity contribution in [3.63, 3.8) is 0 Å². The van der Waals surface area contributed by atoms with Gasteiger partial charge in [0.25, 0.3) is 0 Å². The molecule has 0 aliphatic heterocycles. The van der Waals surface area contributed by atoms with Gasteiger partial charge in [0.15, 0.2) is 17.6 Å². The minimum atomic E-state index is -0.403. The zero-order valence-electron chi connectivity index (χ0n) is 19.7. The first-order valence-corrected chi connectivity index (χ1v) is 10.9. The maximum Gasteiger partial charge on any atom is 0.186 e. The second-order valence-corrected chi connectivity index (χ2v) is 8.10. The van der Waals surface area contributed by atoms with Crippen molar-refractivity contribution >= 4 is 16.6 Å². The summed E-state index contributed by atoms with van der Waals surface area (Å²) in [6.45, 7) is 3.40. The van der Waals surface area contributed by atoms with Gasteiger partial charge in [0.05, 0.1) is 19.9 Å². The predicted octanol–water partition coefficient (Wildman–Crippen LogP) is 4.29. The van der Waals surface area contributed by atoms with Crippen LogP contribution in [0.2, 0.25) is 0 Å². The summed E-state index contributed by atoms with van der Waals surface area (Å²) in [5, 5.41) is 5.52. The van der Waals surface area contributed by atoms with E-state index in [4.69, 9.17) is 25.5 Å². The van der Waals surface area contributed by atoms with Gasteiger partial charge in [0, 0.05) is 34.1 Å². The molecule has 1 aliphatic rings. The molecule has 33 heavy (non-hydrogen) atoms. The number of oxime groups is 1. The number of benzene rings is 2. The molecular formula is C26H29N3O4. The van der Waals surface area contributed by atoms with E-state index in [-0.39, 0.29) is 0 Å². The number of aromatic nitrogens is 1. The standard InChI is InChI=1S/C26H29N3O4/c1-7-16(8-2)33-28-26-19-15-23(31-6)22(30-5)14-18(19)25-24(26)20-13-17(9-10-21(20)27-25)32-12-11-29(3)4/h1,9-10,13-16,27H,8,11-12H2,2-6H3. The molecule has 0 spiro atoms. The Labute approximate surface area is 194 Å². The van der Waals surface area contributed by atoms with Crippen LogP contribution in [-0.2, 0) is 4.84 Å². The van der Waals surface area contributed by atoms with Gasteiger partial charge in [0.2, 0.25) is 0 Å². The normalized spacial score (nSPS) is 14.2. The second-order valence-electron chi connectivity index (χ2n) is 8.10. The highest BCUT2D eigenvalue weighted by molar-refractivity contribution is 6.30. The molecule has 4 rings (SSSR count). The van der Waals surface area contributed by atoms with Crippen molar-refractivity contribution in [1.29, 1.82) is 0 Å². The Bertz CT molecular complexity index is 1240. The van der Waals surface area contributed by atoms with Gasteiger partial charge in [-0.15, -0.1) is 6.42 Å². The van der Waals surface area contributed by atoms with Crippen LogP contribution in [0.5, 0.6) is 17.2 Å². The molecule has 2 aromatic carbocycles. The number of nitrogens with one attached hydrogen (secondary N) is 1. The van der Waals surface area contributed by atoms with Crippen LogP contribution in [-0.4, -0.2) is 63.2 Å². The summed E-state index contributed by atoms with van der Waals surface area (Å²) >= 11 is 0. The first kappa shape index (κ1) is 22.6.